The Balaban J connectivity index is 1.59. The Hall–Kier alpha value is -2.28. The van der Waals surface area contributed by atoms with Crippen LogP contribution in [0, 0.1) is 0 Å². The number of carbonyl (C=O) groups is 1. The lowest BCUT2D eigenvalue weighted by molar-refractivity contribution is -0.132. The molecule has 0 saturated heterocycles. The molecule has 6 nitrogen and oxygen atoms in total. The molecular formula is C18H14Cl3N3O3. The predicted octanol–water partition coefficient (Wildman–Crippen LogP) is 4.73. The van der Waals surface area contributed by atoms with Gasteiger partial charge in [-0.2, -0.15) is 4.98 Å². The molecule has 140 valence electrons. The number of aromatic nitrogens is 2. The second kappa shape index (κ2) is 8.61. The van der Waals surface area contributed by atoms with Gasteiger partial charge >= 0.3 is 0 Å². The maximum Gasteiger partial charge on any atom is 0.260 e. The number of halogens is 3. The van der Waals surface area contributed by atoms with E-state index < -0.39 is 0 Å². The molecule has 9 heteroatoms. The highest BCUT2D eigenvalue weighted by Gasteiger charge is 2.16. The zero-order valence-corrected chi connectivity index (χ0v) is 16.4. The second-order valence-corrected chi connectivity index (χ2v) is 6.86. The third-order valence-corrected chi connectivity index (χ3v) is 4.49. The van der Waals surface area contributed by atoms with Crippen molar-refractivity contribution in [2.75, 3.05) is 13.7 Å². The Morgan fingerprint density at radius 2 is 1.93 bits per heavy atom. The summed E-state index contributed by atoms with van der Waals surface area (Å²) in [5, 5.41) is 5.24. The number of hydrogen-bond acceptors (Lipinski definition) is 5. The first-order valence-electron chi connectivity index (χ1n) is 7.83. The summed E-state index contributed by atoms with van der Waals surface area (Å²) in [6, 6.07) is 11.9. The van der Waals surface area contributed by atoms with Crippen LogP contribution in [0.2, 0.25) is 15.1 Å². The largest absolute Gasteiger partial charge is 0.482 e. The van der Waals surface area contributed by atoms with Gasteiger partial charge in [0.15, 0.2) is 6.61 Å². The highest BCUT2D eigenvalue weighted by atomic mass is 35.5. The van der Waals surface area contributed by atoms with Crippen LogP contribution < -0.4 is 4.74 Å². The van der Waals surface area contributed by atoms with Crippen LogP contribution in [0.15, 0.2) is 47.0 Å². The molecule has 0 N–H and O–H groups in total. The Labute approximate surface area is 170 Å². The molecule has 0 atom stereocenters. The first kappa shape index (κ1) is 19.5. The van der Waals surface area contributed by atoms with E-state index in [1.807, 2.05) is 12.1 Å². The Kier molecular flexibility index (Phi) is 6.21. The number of benzene rings is 2. The molecule has 1 heterocycles. The summed E-state index contributed by atoms with van der Waals surface area (Å²) in [4.78, 5) is 17.9. The number of amides is 1. The van der Waals surface area contributed by atoms with Crippen LogP contribution in [0.4, 0.5) is 0 Å². The fourth-order valence-corrected chi connectivity index (χ4v) is 2.89. The van der Waals surface area contributed by atoms with Gasteiger partial charge in [0, 0.05) is 17.6 Å². The van der Waals surface area contributed by atoms with Crippen molar-refractivity contribution >= 4 is 40.7 Å². The van der Waals surface area contributed by atoms with Crippen LogP contribution in [0.3, 0.4) is 0 Å². The van der Waals surface area contributed by atoms with E-state index in [0.717, 1.165) is 0 Å². The van der Waals surface area contributed by atoms with Gasteiger partial charge in [0.1, 0.15) is 5.75 Å². The summed E-state index contributed by atoms with van der Waals surface area (Å²) in [5.41, 5.74) is 0.656. The summed E-state index contributed by atoms with van der Waals surface area (Å²) in [7, 11) is 1.61. The second-order valence-electron chi connectivity index (χ2n) is 5.60. The van der Waals surface area contributed by atoms with Gasteiger partial charge in [-0.1, -0.05) is 52.1 Å². The predicted molar refractivity (Wildman–Crippen MR) is 103 cm³/mol. The van der Waals surface area contributed by atoms with Crippen molar-refractivity contribution in [1.29, 1.82) is 0 Å². The van der Waals surface area contributed by atoms with Gasteiger partial charge < -0.3 is 14.2 Å². The third-order valence-electron chi connectivity index (χ3n) is 3.63. The van der Waals surface area contributed by atoms with Crippen molar-refractivity contribution in [3.8, 4) is 17.1 Å². The maximum absolute atomic E-state index is 12.3. The topological polar surface area (TPSA) is 68.5 Å². The van der Waals surface area contributed by atoms with Crippen molar-refractivity contribution in [3.63, 3.8) is 0 Å². The lowest BCUT2D eigenvalue weighted by Crippen LogP contribution is -2.31. The maximum atomic E-state index is 12.3. The van der Waals surface area contributed by atoms with Gasteiger partial charge in [-0.05, 0) is 30.3 Å². The number of rotatable bonds is 6. The summed E-state index contributed by atoms with van der Waals surface area (Å²) in [5.74, 6) is 0.742. The number of hydrogen-bond donors (Lipinski definition) is 0. The van der Waals surface area contributed by atoms with Crippen molar-refractivity contribution in [2.45, 2.75) is 6.54 Å². The average molecular weight is 427 g/mol. The van der Waals surface area contributed by atoms with E-state index in [0.29, 0.717) is 32.2 Å². The van der Waals surface area contributed by atoms with Crippen LogP contribution in [-0.2, 0) is 11.3 Å². The summed E-state index contributed by atoms with van der Waals surface area (Å²) >= 11 is 18.0. The minimum absolute atomic E-state index is 0.133. The van der Waals surface area contributed by atoms with Gasteiger partial charge in [0.05, 0.1) is 16.6 Å². The molecule has 0 unspecified atom stereocenters. The molecule has 0 aliphatic carbocycles. The van der Waals surface area contributed by atoms with Crippen LogP contribution in [0.25, 0.3) is 11.4 Å². The Morgan fingerprint density at radius 1 is 1.15 bits per heavy atom. The van der Waals surface area contributed by atoms with Crippen molar-refractivity contribution in [2.24, 2.45) is 0 Å². The van der Waals surface area contributed by atoms with Crippen molar-refractivity contribution in [1.82, 2.24) is 15.0 Å². The van der Waals surface area contributed by atoms with E-state index in [4.69, 9.17) is 44.1 Å². The molecule has 1 amide bonds. The average Bonchev–Trinajstić information content (AvgIpc) is 3.09. The highest BCUT2D eigenvalue weighted by molar-refractivity contribution is 6.35. The molecule has 0 saturated carbocycles. The van der Waals surface area contributed by atoms with Crippen LogP contribution in [-0.4, -0.2) is 34.6 Å². The molecule has 0 aliphatic heterocycles. The van der Waals surface area contributed by atoms with E-state index >= 15 is 0 Å². The number of carbonyl (C=O) groups excluding carboxylic acids is 1. The molecule has 0 radical (unpaired) electrons. The zero-order valence-electron chi connectivity index (χ0n) is 14.2. The molecule has 0 aliphatic rings. The molecule has 0 spiro atoms. The van der Waals surface area contributed by atoms with E-state index in [-0.39, 0.29) is 24.9 Å². The Bertz CT molecular complexity index is 962. The lowest BCUT2D eigenvalue weighted by Gasteiger charge is -2.15. The molecule has 1 aromatic heterocycles. The van der Waals surface area contributed by atoms with Crippen molar-refractivity contribution < 1.29 is 14.1 Å². The van der Waals surface area contributed by atoms with E-state index in [2.05, 4.69) is 10.1 Å². The third kappa shape index (κ3) is 4.91. The lowest BCUT2D eigenvalue weighted by atomic mass is 10.2. The van der Waals surface area contributed by atoms with Gasteiger partial charge in [0.2, 0.25) is 11.7 Å². The van der Waals surface area contributed by atoms with E-state index in [1.165, 1.54) is 4.90 Å². The van der Waals surface area contributed by atoms with Crippen molar-refractivity contribution in [3.05, 3.63) is 63.4 Å². The minimum atomic E-state index is -0.279. The zero-order chi connectivity index (χ0) is 19.4. The Morgan fingerprint density at radius 3 is 2.67 bits per heavy atom. The van der Waals surface area contributed by atoms with Gasteiger partial charge in [-0.3, -0.25) is 4.79 Å². The van der Waals surface area contributed by atoms with Gasteiger partial charge in [0.25, 0.3) is 5.91 Å². The quantitative estimate of drug-likeness (QED) is 0.570. The summed E-state index contributed by atoms with van der Waals surface area (Å²) < 4.78 is 10.6. The summed E-state index contributed by atoms with van der Waals surface area (Å²) in [6.45, 7) is -0.0582. The fourth-order valence-electron chi connectivity index (χ4n) is 2.20. The normalized spacial score (nSPS) is 10.7. The molecule has 0 bridgehead atoms. The first-order valence-corrected chi connectivity index (χ1v) is 8.96. The molecule has 2 aromatic carbocycles. The van der Waals surface area contributed by atoms with Gasteiger partial charge in [-0.15, -0.1) is 0 Å². The molecule has 3 aromatic rings. The molecule has 3 rings (SSSR count). The molecule has 27 heavy (non-hydrogen) atoms. The van der Waals surface area contributed by atoms with Gasteiger partial charge in [-0.25, -0.2) is 0 Å². The smallest absolute Gasteiger partial charge is 0.260 e. The van der Waals surface area contributed by atoms with Crippen LogP contribution >= 0.6 is 34.8 Å². The minimum Gasteiger partial charge on any atom is -0.482 e. The van der Waals surface area contributed by atoms with E-state index in [9.17, 15) is 4.79 Å². The number of ether oxygens (including phenoxy) is 1. The molecule has 0 fully saturated rings. The number of likely N-dealkylation sites (N-methyl/N-ethyl adjacent to an activating group) is 1. The highest BCUT2D eigenvalue weighted by Crippen LogP contribution is 2.27. The van der Waals surface area contributed by atoms with E-state index in [1.54, 1.807) is 37.4 Å². The standard InChI is InChI=1S/C18H14Cl3N3O3/c1-24(17(25)10-26-15-7-6-11(19)8-14(15)21)9-16-22-18(23-27-16)12-4-2-3-5-13(12)20/h2-8H,9-10H2,1H3. The fraction of sp³-hybridized carbons (Fsp3) is 0.167. The number of nitrogens with zero attached hydrogens (tertiary/aromatic N) is 3. The summed E-state index contributed by atoms with van der Waals surface area (Å²) in [6.07, 6.45) is 0. The van der Waals surface area contributed by atoms with Crippen LogP contribution in [0.1, 0.15) is 5.89 Å². The monoisotopic (exact) mass is 425 g/mol. The first-order chi connectivity index (χ1) is 12.9. The van der Waals surface area contributed by atoms with Crippen LogP contribution in [0.5, 0.6) is 5.75 Å². The SMILES string of the molecule is CN(Cc1nc(-c2ccccc2Cl)no1)C(=O)COc1ccc(Cl)cc1Cl. The molecular weight excluding hydrogens is 413 g/mol.